The second kappa shape index (κ2) is 7.69. The zero-order chi connectivity index (χ0) is 15.1. The summed E-state index contributed by atoms with van der Waals surface area (Å²) in [6, 6.07) is 13.6. The van der Waals surface area contributed by atoms with E-state index in [9.17, 15) is 9.18 Å². The van der Waals surface area contributed by atoms with Gasteiger partial charge in [0, 0.05) is 17.0 Å². The summed E-state index contributed by atoms with van der Waals surface area (Å²) < 4.78 is 18.0. The molecule has 110 valence electrons. The molecule has 0 aliphatic carbocycles. The molecule has 2 aromatic rings. The molecule has 2 rings (SSSR count). The van der Waals surface area contributed by atoms with Crippen LogP contribution < -0.4 is 10.1 Å². The number of carbonyl (C=O) groups is 1. The largest absolute Gasteiger partial charge is 0.496 e. The summed E-state index contributed by atoms with van der Waals surface area (Å²) in [5.74, 6) is 0.694. The van der Waals surface area contributed by atoms with Gasteiger partial charge < -0.3 is 10.1 Å². The van der Waals surface area contributed by atoms with Crippen molar-refractivity contribution in [3.63, 3.8) is 0 Å². The number of thioether (sulfide) groups is 1. The van der Waals surface area contributed by atoms with Crippen LogP contribution >= 0.6 is 11.8 Å². The minimum absolute atomic E-state index is 0.0739. The number of hydrogen-bond acceptors (Lipinski definition) is 3. The molecule has 1 amide bonds. The highest BCUT2D eigenvalue weighted by Gasteiger charge is 2.06. The minimum atomic E-state index is -0.278. The normalized spacial score (nSPS) is 10.2. The molecule has 0 saturated carbocycles. The highest BCUT2D eigenvalue weighted by molar-refractivity contribution is 8.00. The third-order valence-electron chi connectivity index (χ3n) is 2.85. The standard InChI is InChI=1S/C16H16FNO2S/c1-20-15-5-3-2-4-12(15)10-18-16(19)11-21-14-8-6-13(17)7-9-14/h2-9H,10-11H2,1H3,(H,18,19). The van der Waals surface area contributed by atoms with Crippen molar-refractivity contribution in [3.05, 3.63) is 59.9 Å². The third kappa shape index (κ3) is 4.79. The van der Waals surface area contributed by atoms with Crippen LogP contribution in [-0.4, -0.2) is 18.8 Å². The SMILES string of the molecule is COc1ccccc1CNC(=O)CSc1ccc(F)cc1. The van der Waals surface area contributed by atoms with Gasteiger partial charge in [-0.2, -0.15) is 0 Å². The molecule has 0 bridgehead atoms. The lowest BCUT2D eigenvalue weighted by atomic mass is 10.2. The molecule has 0 atom stereocenters. The van der Waals surface area contributed by atoms with Crippen molar-refractivity contribution >= 4 is 17.7 Å². The van der Waals surface area contributed by atoms with E-state index in [2.05, 4.69) is 5.32 Å². The first-order valence-corrected chi connectivity index (χ1v) is 7.44. The molecule has 0 fully saturated rings. The first-order chi connectivity index (χ1) is 10.2. The molecule has 21 heavy (non-hydrogen) atoms. The van der Waals surface area contributed by atoms with Crippen LogP contribution in [0.15, 0.2) is 53.4 Å². The highest BCUT2D eigenvalue weighted by Crippen LogP contribution is 2.19. The minimum Gasteiger partial charge on any atom is -0.496 e. The number of carbonyl (C=O) groups excluding carboxylic acids is 1. The molecule has 3 nitrogen and oxygen atoms in total. The van der Waals surface area contributed by atoms with Gasteiger partial charge in [-0.05, 0) is 30.3 Å². The van der Waals surface area contributed by atoms with Gasteiger partial charge in [0.25, 0.3) is 0 Å². The van der Waals surface area contributed by atoms with Gasteiger partial charge in [-0.25, -0.2) is 4.39 Å². The number of rotatable bonds is 6. The Morgan fingerprint density at radius 1 is 1.19 bits per heavy atom. The van der Waals surface area contributed by atoms with E-state index in [1.165, 1.54) is 23.9 Å². The molecule has 0 aromatic heterocycles. The van der Waals surface area contributed by atoms with Crippen LogP contribution in [0.25, 0.3) is 0 Å². The fourth-order valence-electron chi connectivity index (χ4n) is 1.77. The Balaban J connectivity index is 1.81. The summed E-state index contributed by atoms with van der Waals surface area (Å²) in [6.45, 7) is 0.423. The van der Waals surface area contributed by atoms with E-state index in [0.717, 1.165) is 16.2 Å². The van der Waals surface area contributed by atoms with Crippen molar-refractivity contribution in [2.45, 2.75) is 11.4 Å². The Morgan fingerprint density at radius 2 is 1.90 bits per heavy atom. The van der Waals surface area contributed by atoms with Gasteiger partial charge in [-0.15, -0.1) is 11.8 Å². The third-order valence-corrected chi connectivity index (χ3v) is 3.86. The van der Waals surface area contributed by atoms with Crippen molar-refractivity contribution in [1.29, 1.82) is 0 Å². The average Bonchev–Trinajstić information content (AvgIpc) is 2.52. The fraction of sp³-hybridized carbons (Fsp3) is 0.188. The molecular formula is C16H16FNO2S. The van der Waals surface area contributed by atoms with E-state index in [1.54, 1.807) is 19.2 Å². The Kier molecular flexibility index (Phi) is 5.63. The van der Waals surface area contributed by atoms with Crippen molar-refractivity contribution in [2.24, 2.45) is 0 Å². The van der Waals surface area contributed by atoms with Gasteiger partial charge in [0.05, 0.1) is 12.9 Å². The maximum absolute atomic E-state index is 12.8. The monoisotopic (exact) mass is 305 g/mol. The summed E-state index contributed by atoms with van der Waals surface area (Å²) in [7, 11) is 1.60. The Labute approximate surface area is 127 Å². The van der Waals surface area contributed by atoms with Gasteiger partial charge in [-0.1, -0.05) is 18.2 Å². The van der Waals surface area contributed by atoms with Crippen molar-refractivity contribution in [2.75, 3.05) is 12.9 Å². The first kappa shape index (κ1) is 15.4. The number of nitrogens with one attached hydrogen (secondary N) is 1. The van der Waals surface area contributed by atoms with E-state index < -0.39 is 0 Å². The average molecular weight is 305 g/mol. The van der Waals surface area contributed by atoms with E-state index in [4.69, 9.17) is 4.74 Å². The maximum atomic E-state index is 12.8. The van der Waals surface area contributed by atoms with Gasteiger partial charge in [0.1, 0.15) is 11.6 Å². The summed E-state index contributed by atoms with van der Waals surface area (Å²) in [4.78, 5) is 12.7. The molecule has 0 unspecified atom stereocenters. The van der Waals surface area contributed by atoms with Gasteiger partial charge in [-0.3, -0.25) is 4.79 Å². The molecule has 0 aliphatic heterocycles. The molecule has 2 aromatic carbocycles. The van der Waals surface area contributed by atoms with Gasteiger partial charge in [0.15, 0.2) is 0 Å². The highest BCUT2D eigenvalue weighted by atomic mass is 32.2. The lowest BCUT2D eigenvalue weighted by Crippen LogP contribution is -2.24. The van der Waals surface area contributed by atoms with Crippen molar-refractivity contribution in [3.8, 4) is 5.75 Å². The number of amides is 1. The molecule has 0 radical (unpaired) electrons. The number of hydrogen-bond donors (Lipinski definition) is 1. The van der Waals surface area contributed by atoms with Crippen LogP contribution in [0.2, 0.25) is 0 Å². The molecule has 0 saturated heterocycles. The zero-order valence-corrected chi connectivity index (χ0v) is 12.5. The van der Waals surface area contributed by atoms with E-state index in [-0.39, 0.29) is 11.7 Å². The van der Waals surface area contributed by atoms with Crippen LogP contribution in [0.4, 0.5) is 4.39 Å². The summed E-state index contributed by atoms with van der Waals surface area (Å²) in [5, 5.41) is 2.84. The summed E-state index contributed by atoms with van der Waals surface area (Å²) in [6.07, 6.45) is 0. The van der Waals surface area contributed by atoms with Crippen LogP contribution in [0.3, 0.4) is 0 Å². The predicted molar refractivity (Wildman–Crippen MR) is 82.0 cm³/mol. The van der Waals surface area contributed by atoms with Crippen LogP contribution in [0.1, 0.15) is 5.56 Å². The lowest BCUT2D eigenvalue weighted by Gasteiger charge is -2.09. The number of benzene rings is 2. The topological polar surface area (TPSA) is 38.3 Å². The van der Waals surface area contributed by atoms with E-state index in [1.807, 2.05) is 24.3 Å². The summed E-state index contributed by atoms with van der Waals surface area (Å²) >= 11 is 1.37. The maximum Gasteiger partial charge on any atom is 0.230 e. The Morgan fingerprint density at radius 3 is 2.62 bits per heavy atom. The van der Waals surface area contributed by atoms with E-state index in [0.29, 0.717) is 12.3 Å². The lowest BCUT2D eigenvalue weighted by molar-refractivity contribution is -0.118. The smallest absolute Gasteiger partial charge is 0.230 e. The number of methoxy groups -OCH3 is 1. The van der Waals surface area contributed by atoms with Crippen LogP contribution in [0, 0.1) is 5.82 Å². The molecular weight excluding hydrogens is 289 g/mol. The number of ether oxygens (including phenoxy) is 1. The van der Waals surface area contributed by atoms with Gasteiger partial charge >= 0.3 is 0 Å². The van der Waals surface area contributed by atoms with Crippen molar-refractivity contribution < 1.29 is 13.9 Å². The van der Waals surface area contributed by atoms with E-state index >= 15 is 0 Å². The molecule has 0 heterocycles. The van der Waals surface area contributed by atoms with Crippen molar-refractivity contribution in [1.82, 2.24) is 5.32 Å². The van der Waals surface area contributed by atoms with Crippen LogP contribution in [-0.2, 0) is 11.3 Å². The summed E-state index contributed by atoms with van der Waals surface area (Å²) in [5.41, 5.74) is 0.931. The number of para-hydroxylation sites is 1. The fourth-order valence-corrected chi connectivity index (χ4v) is 2.50. The second-order valence-electron chi connectivity index (χ2n) is 4.33. The molecule has 0 aliphatic rings. The van der Waals surface area contributed by atoms with Gasteiger partial charge in [0.2, 0.25) is 5.91 Å². The Hall–Kier alpha value is -2.01. The van der Waals surface area contributed by atoms with Crippen LogP contribution in [0.5, 0.6) is 5.75 Å². The number of halogens is 1. The molecule has 0 spiro atoms. The first-order valence-electron chi connectivity index (χ1n) is 6.46. The second-order valence-corrected chi connectivity index (χ2v) is 5.38. The predicted octanol–water partition coefficient (Wildman–Crippen LogP) is 3.24. The molecule has 5 heteroatoms. The molecule has 1 N–H and O–H groups in total. The quantitative estimate of drug-likeness (QED) is 0.833. The Bertz CT molecular complexity index is 601. The zero-order valence-electron chi connectivity index (χ0n) is 11.6.